The molecule has 2 fully saturated rings. The standard InChI is InChI=1S/C31H31ClFN5O4/c32-19-4-5-21(23(33)16-19)28-9-6-22-26(2-1-3-27(22)42-28)37-13-11-36(12-14-37)18-29-34-24-7-8-25(31(39)40)35-30(24)38(29)17-20-10-15-41-20/h1-5,7-8,16,20,28H,6,9-15,17-18H2,(H,39,40)/t20-,28?/m0/s1. The summed E-state index contributed by atoms with van der Waals surface area (Å²) < 4.78 is 28.6. The van der Waals surface area contributed by atoms with E-state index in [9.17, 15) is 14.3 Å². The van der Waals surface area contributed by atoms with E-state index in [1.54, 1.807) is 18.2 Å². The number of anilines is 1. The molecule has 3 aliphatic rings. The lowest BCUT2D eigenvalue weighted by Crippen LogP contribution is -2.46. The van der Waals surface area contributed by atoms with Gasteiger partial charge in [0.15, 0.2) is 11.3 Å². The maximum Gasteiger partial charge on any atom is 0.354 e. The molecule has 0 saturated carbocycles. The smallest absolute Gasteiger partial charge is 0.354 e. The summed E-state index contributed by atoms with van der Waals surface area (Å²) in [5.74, 6) is 0.286. The van der Waals surface area contributed by atoms with Crippen LogP contribution < -0.4 is 9.64 Å². The minimum absolute atomic E-state index is 0.0122. The number of carboxylic acid groups (broad SMARTS) is 1. The molecule has 4 aromatic rings. The van der Waals surface area contributed by atoms with Gasteiger partial charge in [0, 0.05) is 54.6 Å². The van der Waals surface area contributed by atoms with Crippen LogP contribution in [0, 0.1) is 5.82 Å². The van der Waals surface area contributed by atoms with Crippen molar-refractivity contribution in [2.45, 2.75) is 44.6 Å². The van der Waals surface area contributed by atoms with Gasteiger partial charge in [0.25, 0.3) is 0 Å². The number of aromatic carboxylic acids is 1. The van der Waals surface area contributed by atoms with Crippen LogP contribution >= 0.6 is 11.6 Å². The molecule has 218 valence electrons. The number of ether oxygens (including phenoxy) is 2. The summed E-state index contributed by atoms with van der Waals surface area (Å²) in [7, 11) is 0. The first-order valence-electron chi connectivity index (χ1n) is 14.3. The topological polar surface area (TPSA) is 93.0 Å². The van der Waals surface area contributed by atoms with Gasteiger partial charge in [-0.25, -0.2) is 19.2 Å². The lowest BCUT2D eigenvalue weighted by molar-refractivity contribution is -0.0592. The van der Waals surface area contributed by atoms with Gasteiger partial charge in [-0.2, -0.15) is 0 Å². The van der Waals surface area contributed by atoms with Gasteiger partial charge < -0.3 is 24.0 Å². The van der Waals surface area contributed by atoms with Gasteiger partial charge in [0.05, 0.1) is 19.2 Å². The van der Waals surface area contributed by atoms with Crippen molar-refractivity contribution in [3.8, 4) is 5.75 Å². The third-order valence-electron chi connectivity index (χ3n) is 8.49. The highest BCUT2D eigenvalue weighted by molar-refractivity contribution is 6.30. The first-order chi connectivity index (χ1) is 20.4. The van der Waals surface area contributed by atoms with Crippen molar-refractivity contribution in [1.29, 1.82) is 0 Å². The molecule has 1 N–H and O–H groups in total. The van der Waals surface area contributed by atoms with Crippen LogP contribution in [0.2, 0.25) is 5.02 Å². The number of nitrogens with zero attached hydrogens (tertiary/aromatic N) is 5. The van der Waals surface area contributed by atoms with Crippen molar-refractivity contribution >= 4 is 34.4 Å². The number of halogens is 2. The quantitative estimate of drug-likeness (QED) is 0.317. The van der Waals surface area contributed by atoms with Crippen LogP contribution in [-0.4, -0.2) is 69.4 Å². The fourth-order valence-electron chi connectivity index (χ4n) is 6.14. The zero-order valence-electron chi connectivity index (χ0n) is 23.0. The Balaban J connectivity index is 1.05. The molecule has 0 aliphatic carbocycles. The second-order valence-corrected chi connectivity index (χ2v) is 11.5. The molecule has 5 heterocycles. The predicted octanol–water partition coefficient (Wildman–Crippen LogP) is 5.10. The Hall–Kier alpha value is -3.73. The Bertz CT molecular complexity index is 1650. The fourth-order valence-corrected chi connectivity index (χ4v) is 6.30. The molecule has 0 radical (unpaired) electrons. The van der Waals surface area contributed by atoms with Crippen molar-refractivity contribution in [3.63, 3.8) is 0 Å². The van der Waals surface area contributed by atoms with E-state index in [4.69, 9.17) is 26.1 Å². The molecule has 0 spiro atoms. The maximum absolute atomic E-state index is 14.6. The van der Waals surface area contributed by atoms with E-state index in [0.717, 1.165) is 57.2 Å². The highest BCUT2D eigenvalue weighted by Gasteiger charge is 2.29. The first-order valence-corrected chi connectivity index (χ1v) is 14.7. The number of pyridine rings is 1. The Morgan fingerprint density at radius 2 is 1.90 bits per heavy atom. The van der Waals surface area contributed by atoms with E-state index in [-0.39, 0.29) is 23.7 Å². The molecule has 9 nitrogen and oxygen atoms in total. The first kappa shape index (κ1) is 27.1. The Kier molecular flexibility index (Phi) is 7.21. The molecule has 0 amide bonds. The Morgan fingerprint density at radius 1 is 1.07 bits per heavy atom. The molecule has 3 aliphatic heterocycles. The number of carboxylic acids is 1. The molecular formula is C31H31ClFN5O4. The average Bonchev–Trinajstić information content (AvgIpc) is 3.30. The molecule has 2 aromatic carbocycles. The lowest BCUT2D eigenvalue weighted by atomic mass is 9.95. The van der Waals surface area contributed by atoms with Gasteiger partial charge in [0.1, 0.15) is 29.0 Å². The molecule has 2 aromatic heterocycles. The molecule has 2 saturated heterocycles. The van der Waals surface area contributed by atoms with Gasteiger partial charge in [-0.3, -0.25) is 4.90 Å². The number of fused-ring (bicyclic) bond motifs is 2. The number of hydrogen-bond donors (Lipinski definition) is 1. The summed E-state index contributed by atoms with van der Waals surface area (Å²) in [4.78, 5) is 25.6. The summed E-state index contributed by atoms with van der Waals surface area (Å²) in [5, 5.41) is 9.84. The van der Waals surface area contributed by atoms with Crippen LogP contribution in [0.5, 0.6) is 5.75 Å². The third-order valence-corrected chi connectivity index (χ3v) is 8.73. The summed E-state index contributed by atoms with van der Waals surface area (Å²) >= 11 is 5.95. The van der Waals surface area contributed by atoms with Gasteiger partial charge >= 0.3 is 5.97 Å². The highest BCUT2D eigenvalue weighted by Crippen LogP contribution is 2.41. The summed E-state index contributed by atoms with van der Waals surface area (Å²) in [6.45, 7) is 5.39. The van der Waals surface area contributed by atoms with Crippen LogP contribution in [0.25, 0.3) is 11.2 Å². The largest absolute Gasteiger partial charge is 0.485 e. The summed E-state index contributed by atoms with van der Waals surface area (Å²) in [6.07, 6.45) is 2.22. The second-order valence-electron chi connectivity index (χ2n) is 11.1. The number of piperazine rings is 1. The molecule has 7 rings (SSSR count). The molecule has 11 heteroatoms. The van der Waals surface area contributed by atoms with E-state index >= 15 is 0 Å². The van der Waals surface area contributed by atoms with Crippen molar-refractivity contribution in [2.24, 2.45) is 0 Å². The van der Waals surface area contributed by atoms with Gasteiger partial charge in [-0.15, -0.1) is 0 Å². The van der Waals surface area contributed by atoms with Crippen molar-refractivity contribution in [2.75, 3.05) is 37.7 Å². The van der Waals surface area contributed by atoms with Crippen LogP contribution in [0.3, 0.4) is 0 Å². The van der Waals surface area contributed by atoms with Crippen LogP contribution in [0.1, 0.15) is 46.4 Å². The normalized spacial score (nSPS) is 20.7. The molecule has 1 unspecified atom stereocenters. The Morgan fingerprint density at radius 3 is 2.64 bits per heavy atom. The van der Waals surface area contributed by atoms with E-state index in [2.05, 4.69) is 20.9 Å². The van der Waals surface area contributed by atoms with Crippen LogP contribution in [0.4, 0.5) is 10.1 Å². The number of hydrogen-bond acceptors (Lipinski definition) is 7. The minimum Gasteiger partial charge on any atom is -0.485 e. The van der Waals surface area contributed by atoms with Crippen LogP contribution in [0.15, 0.2) is 48.5 Å². The minimum atomic E-state index is -1.05. The number of imidazole rings is 1. The fraction of sp³-hybridized carbons (Fsp3) is 0.387. The molecule has 0 bridgehead atoms. The van der Waals surface area contributed by atoms with Crippen molar-refractivity contribution in [1.82, 2.24) is 19.4 Å². The zero-order chi connectivity index (χ0) is 28.8. The average molecular weight is 592 g/mol. The number of benzene rings is 2. The monoisotopic (exact) mass is 591 g/mol. The van der Waals surface area contributed by atoms with E-state index in [0.29, 0.717) is 41.3 Å². The number of aromatic nitrogens is 3. The van der Waals surface area contributed by atoms with Gasteiger partial charge in [0.2, 0.25) is 0 Å². The second kappa shape index (κ2) is 11.2. The van der Waals surface area contributed by atoms with Crippen molar-refractivity contribution < 1.29 is 23.8 Å². The van der Waals surface area contributed by atoms with Gasteiger partial charge in [-0.05, 0) is 55.7 Å². The number of rotatable bonds is 7. The van der Waals surface area contributed by atoms with Crippen LogP contribution in [-0.2, 0) is 24.2 Å². The summed E-state index contributed by atoms with van der Waals surface area (Å²) in [5.41, 5.74) is 4.17. The van der Waals surface area contributed by atoms with Crippen molar-refractivity contribution in [3.05, 3.63) is 82.0 Å². The molecule has 42 heavy (non-hydrogen) atoms. The molecular weight excluding hydrogens is 561 g/mol. The molecule has 2 atom stereocenters. The zero-order valence-corrected chi connectivity index (χ0v) is 23.8. The summed E-state index contributed by atoms with van der Waals surface area (Å²) in [6, 6.07) is 14.1. The predicted molar refractivity (Wildman–Crippen MR) is 156 cm³/mol. The highest BCUT2D eigenvalue weighted by atomic mass is 35.5. The maximum atomic E-state index is 14.6. The van der Waals surface area contributed by atoms with E-state index in [1.165, 1.54) is 23.4 Å². The Labute approximate surface area is 247 Å². The van der Waals surface area contributed by atoms with E-state index in [1.807, 2.05) is 16.7 Å². The lowest BCUT2D eigenvalue weighted by Gasteiger charge is -2.38. The number of carbonyl (C=O) groups is 1. The van der Waals surface area contributed by atoms with E-state index < -0.39 is 5.97 Å². The third kappa shape index (κ3) is 5.19. The van der Waals surface area contributed by atoms with Gasteiger partial charge in [-0.1, -0.05) is 23.7 Å². The SMILES string of the molecule is O=C(O)c1ccc2nc(CN3CCN(c4cccc5c4CCC(c4ccc(Cl)cc4F)O5)CC3)n(C[C@@H]3CCO3)c2n1.